The minimum Gasteiger partial charge on any atom is -0.226 e. The van der Waals surface area contributed by atoms with Crippen LogP contribution in [0, 0.1) is 47.4 Å². The molecular formula is C26H8F2N4. The molecule has 5 rings (SSSR count). The number of rotatable bonds is 0. The molecule has 0 unspecified atom stereocenters. The molecule has 3 aromatic rings. The Hall–Kier alpha value is -5.04. The Bertz CT molecular complexity index is 1480. The number of benzene rings is 3. The SMILES string of the molecule is [C-]#[N+]/C(C#N)=C1\c2cc(F)ccc2-c2cc3c(cc21)/C(=C(/C#N)[N+]#[C-])c1cc(F)ccc1-3. The molecule has 0 atom stereocenters. The maximum atomic E-state index is 14.1. The molecule has 0 bridgehead atoms. The fourth-order valence-electron chi connectivity index (χ4n) is 4.45. The topological polar surface area (TPSA) is 56.3 Å². The minimum atomic E-state index is -0.495. The Kier molecular flexibility index (Phi) is 4.00. The summed E-state index contributed by atoms with van der Waals surface area (Å²) in [6, 6.07) is 15.7. The smallest absolute Gasteiger partial charge is 0.226 e. The molecule has 32 heavy (non-hydrogen) atoms. The van der Waals surface area contributed by atoms with Gasteiger partial charge in [0.05, 0.1) is 25.3 Å². The number of fused-ring (bicyclic) bond motifs is 6. The summed E-state index contributed by atoms with van der Waals surface area (Å²) in [5, 5.41) is 19.1. The van der Waals surface area contributed by atoms with E-state index < -0.39 is 11.6 Å². The molecule has 0 spiro atoms. The van der Waals surface area contributed by atoms with Crippen LogP contribution in [0.4, 0.5) is 8.78 Å². The van der Waals surface area contributed by atoms with Crippen LogP contribution in [0.25, 0.3) is 43.1 Å². The first kappa shape index (κ1) is 19.0. The van der Waals surface area contributed by atoms with Gasteiger partial charge in [-0.2, -0.15) is 0 Å². The second-order valence-corrected chi connectivity index (χ2v) is 7.22. The predicted octanol–water partition coefficient (Wildman–Crippen LogP) is 6.33. The standard InChI is InChI=1S/C26H8F2N4/c1-31-23(11-29)25-19-7-13(27)3-5-15(19)17-9-18-16-6-4-14(28)8-20(16)26(24(12-30)32-2)22(18)10-21(17)25/h3-10H/b25-23-,26-24+. The third-order valence-corrected chi connectivity index (χ3v) is 5.69. The highest BCUT2D eigenvalue weighted by atomic mass is 19.1. The van der Waals surface area contributed by atoms with Crippen molar-refractivity contribution in [2.24, 2.45) is 0 Å². The summed E-state index contributed by atoms with van der Waals surface area (Å²) in [7, 11) is 0. The quantitative estimate of drug-likeness (QED) is 0.220. The van der Waals surface area contributed by atoms with Crippen molar-refractivity contribution < 1.29 is 8.78 Å². The summed E-state index contributed by atoms with van der Waals surface area (Å²) in [4.78, 5) is 6.66. The highest BCUT2D eigenvalue weighted by Crippen LogP contribution is 2.53. The molecule has 2 aliphatic carbocycles. The Morgan fingerprint density at radius 1 is 0.594 bits per heavy atom. The van der Waals surface area contributed by atoms with Gasteiger partial charge in [-0.25, -0.2) is 29.0 Å². The van der Waals surface area contributed by atoms with Crippen LogP contribution in [-0.2, 0) is 0 Å². The Labute approximate surface area is 181 Å². The molecular weight excluding hydrogens is 406 g/mol. The van der Waals surface area contributed by atoms with Crippen LogP contribution in [0.2, 0.25) is 0 Å². The summed E-state index contributed by atoms with van der Waals surface area (Å²) in [5.41, 5.74) is 4.90. The van der Waals surface area contributed by atoms with Gasteiger partial charge >= 0.3 is 0 Å². The van der Waals surface area contributed by atoms with Gasteiger partial charge in [0.15, 0.2) is 0 Å². The van der Waals surface area contributed by atoms with E-state index in [1.54, 1.807) is 18.2 Å². The van der Waals surface area contributed by atoms with E-state index in [0.29, 0.717) is 55.7 Å². The average Bonchev–Trinajstić information content (AvgIpc) is 3.26. The van der Waals surface area contributed by atoms with Crippen LogP contribution in [-0.4, -0.2) is 0 Å². The first-order chi connectivity index (χ1) is 15.5. The molecule has 3 aromatic carbocycles. The summed E-state index contributed by atoms with van der Waals surface area (Å²) >= 11 is 0. The van der Waals surface area contributed by atoms with Crippen LogP contribution in [0.1, 0.15) is 22.3 Å². The van der Waals surface area contributed by atoms with Crippen molar-refractivity contribution in [2.45, 2.75) is 0 Å². The maximum absolute atomic E-state index is 14.1. The largest absolute Gasteiger partial charge is 0.270 e. The van der Waals surface area contributed by atoms with E-state index in [1.807, 2.05) is 18.2 Å². The average molecular weight is 414 g/mol. The first-order valence-corrected chi connectivity index (χ1v) is 9.35. The van der Waals surface area contributed by atoms with Crippen molar-refractivity contribution >= 4 is 11.1 Å². The molecule has 0 radical (unpaired) electrons. The molecule has 0 aromatic heterocycles. The monoisotopic (exact) mass is 414 g/mol. The van der Waals surface area contributed by atoms with Gasteiger partial charge in [-0.1, -0.05) is 12.1 Å². The van der Waals surface area contributed by atoms with Crippen molar-refractivity contribution in [1.82, 2.24) is 0 Å². The Balaban J connectivity index is 1.95. The maximum Gasteiger partial charge on any atom is 0.270 e. The van der Waals surface area contributed by atoms with Crippen LogP contribution in [0.15, 0.2) is 59.9 Å². The number of nitrogens with zero attached hydrogens (tertiary/aromatic N) is 4. The van der Waals surface area contributed by atoms with Gasteiger partial charge in [0, 0.05) is 11.1 Å². The number of halogens is 2. The van der Waals surface area contributed by atoms with Gasteiger partial charge in [0.1, 0.15) is 11.6 Å². The summed E-state index contributed by atoms with van der Waals surface area (Å²) in [6.45, 7) is 14.9. The summed E-state index contributed by atoms with van der Waals surface area (Å²) < 4.78 is 28.1. The van der Waals surface area contributed by atoms with Crippen molar-refractivity contribution in [3.05, 3.63) is 117 Å². The normalized spacial score (nSPS) is 15.2. The third-order valence-electron chi connectivity index (χ3n) is 5.69. The van der Waals surface area contributed by atoms with Crippen LogP contribution in [0.5, 0.6) is 0 Å². The van der Waals surface area contributed by atoms with Crippen molar-refractivity contribution in [3.8, 4) is 34.4 Å². The van der Waals surface area contributed by atoms with E-state index in [0.717, 1.165) is 0 Å². The summed E-state index contributed by atoms with van der Waals surface area (Å²) in [6.07, 6.45) is 0. The zero-order valence-corrected chi connectivity index (χ0v) is 16.2. The van der Waals surface area contributed by atoms with Gasteiger partial charge in [0.25, 0.3) is 11.4 Å². The minimum absolute atomic E-state index is 0.187. The number of hydrogen-bond donors (Lipinski definition) is 0. The highest BCUT2D eigenvalue weighted by molar-refractivity contribution is 6.10. The summed E-state index contributed by atoms with van der Waals surface area (Å²) in [5.74, 6) is -0.991. The van der Waals surface area contributed by atoms with E-state index in [-0.39, 0.29) is 11.4 Å². The molecule has 146 valence electrons. The second-order valence-electron chi connectivity index (χ2n) is 7.22. The molecule has 2 aliphatic rings. The highest BCUT2D eigenvalue weighted by Gasteiger charge is 2.33. The van der Waals surface area contributed by atoms with E-state index in [9.17, 15) is 19.3 Å². The zero-order chi connectivity index (χ0) is 22.6. The number of hydrogen-bond acceptors (Lipinski definition) is 2. The molecule has 0 amide bonds. The molecule has 0 saturated carbocycles. The van der Waals surface area contributed by atoms with E-state index in [4.69, 9.17) is 13.1 Å². The second kappa shape index (κ2) is 6.75. The lowest BCUT2D eigenvalue weighted by Gasteiger charge is -2.09. The third kappa shape index (κ3) is 2.42. The molecule has 0 aliphatic heterocycles. The first-order valence-electron chi connectivity index (χ1n) is 9.35. The number of allylic oxidation sites excluding steroid dienone is 2. The lowest BCUT2D eigenvalue weighted by Crippen LogP contribution is -1.91. The van der Waals surface area contributed by atoms with Crippen molar-refractivity contribution in [2.75, 3.05) is 0 Å². The van der Waals surface area contributed by atoms with Crippen molar-refractivity contribution in [3.63, 3.8) is 0 Å². The van der Waals surface area contributed by atoms with Gasteiger partial charge < -0.3 is 0 Å². The Morgan fingerprint density at radius 3 is 1.34 bits per heavy atom. The molecule has 4 nitrogen and oxygen atoms in total. The van der Waals surface area contributed by atoms with Crippen molar-refractivity contribution in [1.29, 1.82) is 10.5 Å². The van der Waals surface area contributed by atoms with E-state index in [2.05, 4.69) is 9.69 Å². The van der Waals surface area contributed by atoms with Crippen LogP contribution >= 0.6 is 0 Å². The van der Waals surface area contributed by atoms with Gasteiger partial charge in [-0.05, 0) is 80.9 Å². The fraction of sp³-hybridized carbons (Fsp3) is 0. The van der Waals surface area contributed by atoms with E-state index in [1.165, 1.54) is 24.3 Å². The molecule has 0 saturated heterocycles. The number of nitriles is 2. The van der Waals surface area contributed by atoms with Crippen LogP contribution in [0.3, 0.4) is 0 Å². The molecule has 0 fully saturated rings. The zero-order valence-electron chi connectivity index (χ0n) is 16.2. The van der Waals surface area contributed by atoms with E-state index >= 15 is 0 Å². The van der Waals surface area contributed by atoms with Gasteiger partial charge in [-0.3, -0.25) is 0 Å². The fourth-order valence-corrected chi connectivity index (χ4v) is 4.45. The molecule has 6 heteroatoms. The van der Waals surface area contributed by atoms with Gasteiger partial charge in [0.2, 0.25) is 0 Å². The van der Waals surface area contributed by atoms with Crippen LogP contribution < -0.4 is 0 Å². The lowest BCUT2D eigenvalue weighted by atomic mass is 9.94. The Morgan fingerprint density at radius 2 is 0.969 bits per heavy atom. The van der Waals surface area contributed by atoms with Gasteiger partial charge in [-0.15, -0.1) is 0 Å². The molecule has 0 N–H and O–H groups in total. The molecule has 0 heterocycles. The lowest BCUT2D eigenvalue weighted by molar-refractivity contribution is 0.627. The predicted molar refractivity (Wildman–Crippen MR) is 114 cm³/mol.